The van der Waals surface area contributed by atoms with E-state index in [-0.39, 0.29) is 18.2 Å². The van der Waals surface area contributed by atoms with Crippen molar-refractivity contribution >= 4 is 10.2 Å². The molecule has 0 aromatic rings. The molecule has 0 spiro atoms. The molecule has 21 heavy (non-hydrogen) atoms. The van der Waals surface area contributed by atoms with E-state index in [9.17, 15) is 8.42 Å². The van der Waals surface area contributed by atoms with Gasteiger partial charge >= 0.3 is 0 Å². The van der Waals surface area contributed by atoms with Crippen LogP contribution in [0, 0.1) is 0 Å². The van der Waals surface area contributed by atoms with E-state index < -0.39 is 10.2 Å². The summed E-state index contributed by atoms with van der Waals surface area (Å²) in [5, 5.41) is 3.13. The van der Waals surface area contributed by atoms with Crippen LogP contribution in [0.5, 0.6) is 0 Å². The number of piperidine rings is 1. The van der Waals surface area contributed by atoms with E-state index in [1.54, 1.807) is 8.61 Å². The lowest BCUT2D eigenvalue weighted by Gasteiger charge is -2.43. The average molecular weight is 319 g/mol. The van der Waals surface area contributed by atoms with Crippen LogP contribution in [0.25, 0.3) is 0 Å². The van der Waals surface area contributed by atoms with Crippen molar-refractivity contribution in [1.29, 1.82) is 0 Å². The molecule has 0 amide bonds. The standard InChI is InChI=1S/C14H29N3O3S/c1-4-13-11-20-12(2)10-17(13)21(18,19)16-8-6-5-7-14(16)9-15-3/h12-15H,4-11H2,1-3H3. The van der Waals surface area contributed by atoms with Gasteiger partial charge in [0.2, 0.25) is 0 Å². The van der Waals surface area contributed by atoms with E-state index in [1.165, 1.54) is 0 Å². The molecule has 2 heterocycles. The van der Waals surface area contributed by atoms with E-state index in [0.29, 0.717) is 19.7 Å². The van der Waals surface area contributed by atoms with Crippen molar-refractivity contribution in [3.63, 3.8) is 0 Å². The lowest BCUT2D eigenvalue weighted by atomic mass is 10.1. The van der Waals surface area contributed by atoms with Gasteiger partial charge in [0.05, 0.1) is 12.7 Å². The molecule has 2 saturated heterocycles. The molecule has 2 fully saturated rings. The molecule has 2 aliphatic rings. The molecule has 2 rings (SSSR count). The third-order valence-electron chi connectivity index (χ3n) is 4.49. The van der Waals surface area contributed by atoms with Gasteiger partial charge in [0, 0.05) is 31.7 Å². The van der Waals surface area contributed by atoms with Gasteiger partial charge in [-0.15, -0.1) is 0 Å². The van der Waals surface area contributed by atoms with Gasteiger partial charge in [0.1, 0.15) is 0 Å². The summed E-state index contributed by atoms with van der Waals surface area (Å²) in [5.74, 6) is 0. The third kappa shape index (κ3) is 3.76. The molecule has 7 heteroatoms. The minimum absolute atomic E-state index is 0.0323. The van der Waals surface area contributed by atoms with E-state index >= 15 is 0 Å². The smallest absolute Gasteiger partial charge is 0.282 e. The normalized spacial score (nSPS) is 33.2. The molecule has 1 N–H and O–H groups in total. The van der Waals surface area contributed by atoms with Crippen molar-refractivity contribution in [2.24, 2.45) is 0 Å². The summed E-state index contributed by atoms with van der Waals surface area (Å²) in [7, 11) is -1.52. The summed E-state index contributed by atoms with van der Waals surface area (Å²) < 4.78 is 35.2. The maximum Gasteiger partial charge on any atom is 0.282 e. The Morgan fingerprint density at radius 3 is 2.67 bits per heavy atom. The van der Waals surface area contributed by atoms with Crippen LogP contribution in [-0.4, -0.2) is 68.5 Å². The lowest BCUT2D eigenvalue weighted by Crippen LogP contribution is -2.59. The number of rotatable bonds is 5. The highest BCUT2D eigenvalue weighted by molar-refractivity contribution is 7.86. The van der Waals surface area contributed by atoms with E-state index in [1.807, 2.05) is 20.9 Å². The van der Waals surface area contributed by atoms with Crippen molar-refractivity contribution in [3.05, 3.63) is 0 Å². The van der Waals surface area contributed by atoms with Crippen LogP contribution in [0.2, 0.25) is 0 Å². The van der Waals surface area contributed by atoms with Gasteiger partial charge in [-0.1, -0.05) is 13.3 Å². The monoisotopic (exact) mass is 319 g/mol. The summed E-state index contributed by atoms with van der Waals surface area (Å²) in [5.41, 5.74) is 0. The molecule has 0 radical (unpaired) electrons. The van der Waals surface area contributed by atoms with Gasteiger partial charge in [-0.05, 0) is 33.2 Å². The zero-order valence-electron chi connectivity index (χ0n) is 13.4. The van der Waals surface area contributed by atoms with Crippen molar-refractivity contribution in [1.82, 2.24) is 13.9 Å². The largest absolute Gasteiger partial charge is 0.375 e. The fraction of sp³-hybridized carbons (Fsp3) is 1.00. The summed E-state index contributed by atoms with van der Waals surface area (Å²) >= 11 is 0. The Hall–Kier alpha value is -0.210. The molecule has 0 aromatic heterocycles. The predicted octanol–water partition coefficient (Wildman–Crippen LogP) is 0.804. The van der Waals surface area contributed by atoms with Crippen molar-refractivity contribution in [2.45, 2.75) is 57.7 Å². The number of morpholine rings is 1. The molecule has 0 aromatic carbocycles. The highest BCUT2D eigenvalue weighted by Gasteiger charge is 2.41. The molecule has 3 atom stereocenters. The highest BCUT2D eigenvalue weighted by Crippen LogP contribution is 2.26. The molecule has 0 bridgehead atoms. The van der Waals surface area contributed by atoms with Crippen molar-refractivity contribution < 1.29 is 13.2 Å². The van der Waals surface area contributed by atoms with Gasteiger partial charge in [-0.3, -0.25) is 0 Å². The Morgan fingerprint density at radius 2 is 2.00 bits per heavy atom. The van der Waals surface area contributed by atoms with Gasteiger partial charge in [0.25, 0.3) is 10.2 Å². The Kier molecular flexibility index (Phi) is 6.02. The Morgan fingerprint density at radius 1 is 1.24 bits per heavy atom. The first-order valence-electron chi connectivity index (χ1n) is 8.05. The van der Waals surface area contributed by atoms with Crippen LogP contribution >= 0.6 is 0 Å². The summed E-state index contributed by atoms with van der Waals surface area (Å²) in [4.78, 5) is 0. The summed E-state index contributed by atoms with van der Waals surface area (Å²) in [6, 6.07) is 0.0350. The highest BCUT2D eigenvalue weighted by atomic mass is 32.2. The fourth-order valence-electron chi connectivity index (χ4n) is 3.27. The van der Waals surface area contributed by atoms with Crippen LogP contribution in [-0.2, 0) is 14.9 Å². The molecule has 6 nitrogen and oxygen atoms in total. The minimum atomic E-state index is -3.40. The van der Waals surface area contributed by atoms with Gasteiger partial charge in [0.15, 0.2) is 0 Å². The number of ether oxygens (including phenoxy) is 1. The maximum atomic E-state index is 13.1. The van der Waals surface area contributed by atoms with Crippen LogP contribution in [0.15, 0.2) is 0 Å². The number of nitrogens with zero attached hydrogens (tertiary/aromatic N) is 2. The van der Waals surface area contributed by atoms with Crippen LogP contribution in [0.3, 0.4) is 0 Å². The number of hydrogen-bond donors (Lipinski definition) is 1. The summed E-state index contributed by atoms with van der Waals surface area (Å²) in [6.07, 6.45) is 3.76. The van der Waals surface area contributed by atoms with Crippen LogP contribution in [0.1, 0.15) is 39.5 Å². The minimum Gasteiger partial charge on any atom is -0.375 e. The number of nitrogens with one attached hydrogen (secondary N) is 1. The third-order valence-corrected chi connectivity index (χ3v) is 6.61. The molecule has 0 saturated carbocycles. The zero-order valence-corrected chi connectivity index (χ0v) is 14.2. The van der Waals surface area contributed by atoms with Gasteiger partial charge in [-0.2, -0.15) is 17.0 Å². The average Bonchev–Trinajstić information content (AvgIpc) is 2.48. The first-order valence-corrected chi connectivity index (χ1v) is 9.45. The molecule has 0 aliphatic carbocycles. The quantitative estimate of drug-likeness (QED) is 0.814. The van der Waals surface area contributed by atoms with Crippen LogP contribution < -0.4 is 5.32 Å². The van der Waals surface area contributed by atoms with E-state index in [0.717, 1.165) is 32.2 Å². The Balaban J connectivity index is 2.21. The van der Waals surface area contributed by atoms with E-state index in [4.69, 9.17) is 4.74 Å². The second-order valence-electron chi connectivity index (χ2n) is 6.10. The Bertz CT molecular complexity index is 427. The predicted molar refractivity (Wildman–Crippen MR) is 83.4 cm³/mol. The molecular formula is C14H29N3O3S. The lowest BCUT2D eigenvalue weighted by molar-refractivity contribution is -0.0258. The van der Waals surface area contributed by atoms with E-state index in [2.05, 4.69) is 5.32 Å². The molecular weight excluding hydrogens is 290 g/mol. The number of hydrogen-bond acceptors (Lipinski definition) is 4. The van der Waals surface area contributed by atoms with Crippen molar-refractivity contribution in [2.75, 3.05) is 33.3 Å². The number of likely N-dealkylation sites (N-methyl/N-ethyl adjacent to an activating group) is 1. The topological polar surface area (TPSA) is 61.9 Å². The first-order chi connectivity index (χ1) is 10.0. The fourth-order valence-corrected chi connectivity index (χ4v) is 5.44. The Labute approximate surface area is 129 Å². The molecule has 124 valence electrons. The van der Waals surface area contributed by atoms with Crippen LogP contribution in [0.4, 0.5) is 0 Å². The first kappa shape index (κ1) is 17.1. The zero-order chi connectivity index (χ0) is 15.5. The van der Waals surface area contributed by atoms with Gasteiger partial charge < -0.3 is 10.1 Å². The summed E-state index contributed by atoms with van der Waals surface area (Å²) in [6.45, 7) is 6.28. The second kappa shape index (κ2) is 7.37. The SMILES string of the molecule is CCC1COC(C)CN1S(=O)(=O)N1CCCCC1CNC. The molecule has 2 aliphatic heterocycles. The maximum absolute atomic E-state index is 13.1. The second-order valence-corrected chi connectivity index (χ2v) is 7.94. The van der Waals surface area contributed by atoms with Gasteiger partial charge in [-0.25, -0.2) is 0 Å². The van der Waals surface area contributed by atoms with Crippen molar-refractivity contribution in [3.8, 4) is 0 Å². The molecule has 3 unspecified atom stereocenters.